The van der Waals surface area contributed by atoms with E-state index < -0.39 is 0 Å². The number of benzene rings is 1. The van der Waals surface area contributed by atoms with Crippen LogP contribution in [0.15, 0.2) is 17.5 Å². The zero-order valence-corrected chi connectivity index (χ0v) is 8.32. The molecule has 0 spiro atoms. The Bertz CT molecular complexity index is 445. The summed E-state index contributed by atoms with van der Waals surface area (Å²) >= 11 is 1.65. The number of rotatable bonds is 1. The van der Waals surface area contributed by atoms with E-state index in [9.17, 15) is 0 Å². The van der Waals surface area contributed by atoms with Crippen LogP contribution in [0.1, 0.15) is 12.5 Å². The van der Waals surface area contributed by atoms with Crippen molar-refractivity contribution in [3.05, 3.63) is 23.1 Å². The van der Waals surface area contributed by atoms with E-state index in [4.69, 9.17) is 11.5 Å². The third kappa shape index (κ3) is 1.25. The summed E-state index contributed by atoms with van der Waals surface area (Å²) in [6.07, 6.45) is 0.975. The normalized spacial score (nSPS) is 10.8. The second kappa shape index (κ2) is 2.92. The van der Waals surface area contributed by atoms with Gasteiger partial charge in [0.05, 0.1) is 5.69 Å². The lowest BCUT2D eigenvalue weighted by molar-refractivity contribution is 1.16. The molecule has 1 aromatic heterocycles. The van der Waals surface area contributed by atoms with Gasteiger partial charge < -0.3 is 11.5 Å². The molecule has 0 aliphatic rings. The molecule has 0 saturated heterocycles. The number of nitrogens with two attached hydrogens (primary N) is 2. The minimum Gasteiger partial charge on any atom is -0.399 e. The number of aryl methyl sites for hydroxylation is 1. The molecule has 0 unspecified atom stereocenters. The predicted molar refractivity (Wildman–Crippen MR) is 60.0 cm³/mol. The fourth-order valence-corrected chi connectivity index (χ4v) is 2.52. The van der Waals surface area contributed by atoms with Crippen molar-refractivity contribution in [1.82, 2.24) is 0 Å². The van der Waals surface area contributed by atoms with E-state index in [1.54, 1.807) is 11.3 Å². The van der Waals surface area contributed by atoms with Gasteiger partial charge in [-0.3, -0.25) is 0 Å². The standard InChI is InChI=1S/C10H12N2S/c1-2-6-3-7(11)4-9-10(6)8(12)5-13-9/h3-5H,2,11-12H2,1H3. The van der Waals surface area contributed by atoms with E-state index in [0.29, 0.717) is 0 Å². The summed E-state index contributed by atoms with van der Waals surface area (Å²) < 4.78 is 1.19. The van der Waals surface area contributed by atoms with Crippen LogP contribution in [-0.4, -0.2) is 0 Å². The molecule has 2 aromatic rings. The van der Waals surface area contributed by atoms with Gasteiger partial charge in [-0.2, -0.15) is 0 Å². The van der Waals surface area contributed by atoms with E-state index in [1.165, 1.54) is 15.6 Å². The first-order valence-electron chi connectivity index (χ1n) is 4.27. The van der Waals surface area contributed by atoms with Crippen molar-refractivity contribution in [3.8, 4) is 0 Å². The van der Waals surface area contributed by atoms with Gasteiger partial charge in [-0.05, 0) is 24.1 Å². The van der Waals surface area contributed by atoms with Crippen LogP contribution in [0.4, 0.5) is 11.4 Å². The van der Waals surface area contributed by atoms with Gasteiger partial charge >= 0.3 is 0 Å². The van der Waals surface area contributed by atoms with Gasteiger partial charge in [0.2, 0.25) is 0 Å². The number of nitrogen functional groups attached to an aromatic ring is 2. The lowest BCUT2D eigenvalue weighted by atomic mass is 10.1. The fourth-order valence-electron chi connectivity index (χ4n) is 1.58. The molecule has 1 aromatic carbocycles. The molecule has 0 fully saturated rings. The lowest BCUT2D eigenvalue weighted by Crippen LogP contribution is -1.90. The molecule has 2 nitrogen and oxygen atoms in total. The summed E-state index contributed by atoms with van der Waals surface area (Å²) in [4.78, 5) is 0. The van der Waals surface area contributed by atoms with Crippen LogP contribution in [0.3, 0.4) is 0 Å². The van der Waals surface area contributed by atoms with Gasteiger partial charge in [-0.1, -0.05) is 6.92 Å². The van der Waals surface area contributed by atoms with Crippen LogP contribution < -0.4 is 11.5 Å². The molecule has 0 aliphatic carbocycles. The third-order valence-corrected chi connectivity index (χ3v) is 3.14. The van der Waals surface area contributed by atoms with Crippen molar-refractivity contribution in [1.29, 1.82) is 0 Å². The zero-order chi connectivity index (χ0) is 9.42. The van der Waals surface area contributed by atoms with Crippen LogP contribution in [0.5, 0.6) is 0 Å². The van der Waals surface area contributed by atoms with E-state index in [1.807, 2.05) is 17.5 Å². The van der Waals surface area contributed by atoms with Gasteiger partial charge in [-0.25, -0.2) is 0 Å². The Morgan fingerprint density at radius 3 is 2.77 bits per heavy atom. The minimum atomic E-state index is 0.825. The van der Waals surface area contributed by atoms with Crippen molar-refractivity contribution < 1.29 is 0 Å². The smallest absolute Gasteiger partial charge is 0.0505 e. The summed E-state index contributed by atoms with van der Waals surface area (Å²) in [7, 11) is 0. The van der Waals surface area contributed by atoms with E-state index >= 15 is 0 Å². The molecular weight excluding hydrogens is 180 g/mol. The van der Waals surface area contributed by atoms with Crippen LogP contribution in [0.25, 0.3) is 10.1 Å². The van der Waals surface area contributed by atoms with Crippen molar-refractivity contribution >= 4 is 32.8 Å². The Hall–Kier alpha value is -1.22. The van der Waals surface area contributed by atoms with Crippen molar-refractivity contribution in [2.45, 2.75) is 13.3 Å². The van der Waals surface area contributed by atoms with Gasteiger partial charge in [0, 0.05) is 21.2 Å². The molecule has 3 heteroatoms. The number of hydrogen-bond acceptors (Lipinski definition) is 3. The molecule has 1 heterocycles. The highest BCUT2D eigenvalue weighted by atomic mass is 32.1. The number of thiophene rings is 1. The second-order valence-corrected chi connectivity index (χ2v) is 4.01. The first-order chi connectivity index (χ1) is 6.22. The Kier molecular flexibility index (Phi) is 1.88. The predicted octanol–water partition coefficient (Wildman–Crippen LogP) is 2.63. The molecule has 2 rings (SSSR count). The number of hydrogen-bond donors (Lipinski definition) is 2. The third-order valence-electron chi connectivity index (χ3n) is 2.19. The van der Waals surface area contributed by atoms with Gasteiger partial charge in [0.15, 0.2) is 0 Å². The SMILES string of the molecule is CCc1cc(N)cc2scc(N)c12. The molecule has 4 N–H and O–H groups in total. The highest BCUT2D eigenvalue weighted by Gasteiger charge is 2.06. The zero-order valence-electron chi connectivity index (χ0n) is 7.50. The molecular formula is C10H12N2S. The molecule has 0 atom stereocenters. The topological polar surface area (TPSA) is 52.0 Å². The highest BCUT2D eigenvalue weighted by Crippen LogP contribution is 2.33. The van der Waals surface area contributed by atoms with Crippen molar-refractivity contribution in [3.63, 3.8) is 0 Å². The first-order valence-corrected chi connectivity index (χ1v) is 5.15. The Balaban J connectivity index is 2.85. The maximum Gasteiger partial charge on any atom is 0.0505 e. The molecule has 68 valence electrons. The highest BCUT2D eigenvalue weighted by molar-refractivity contribution is 7.17. The molecule has 0 bridgehead atoms. The van der Waals surface area contributed by atoms with E-state index in [-0.39, 0.29) is 0 Å². The Morgan fingerprint density at radius 2 is 2.08 bits per heavy atom. The minimum absolute atomic E-state index is 0.825. The molecule has 0 radical (unpaired) electrons. The molecule has 13 heavy (non-hydrogen) atoms. The summed E-state index contributed by atoms with van der Waals surface area (Å²) in [6.45, 7) is 2.12. The summed E-state index contributed by atoms with van der Waals surface area (Å²) in [5.41, 5.74) is 14.6. The van der Waals surface area contributed by atoms with Crippen molar-refractivity contribution in [2.24, 2.45) is 0 Å². The van der Waals surface area contributed by atoms with Crippen LogP contribution in [0.2, 0.25) is 0 Å². The van der Waals surface area contributed by atoms with Crippen LogP contribution in [0, 0.1) is 0 Å². The Labute approximate surface area is 81.2 Å². The quantitative estimate of drug-likeness (QED) is 0.682. The number of fused-ring (bicyclic) bond motifs is 1. The maximum absolute atomic E-state index is 5.87. The Morgan fingerprint density at radius 1 is 1.31 bits per heavy atom. The molecule has 0 aliphatic heterocycles. The molecule has 0 amide bonds. The van der Waals surface area contributed by atoms with Gasteiger partial charge in [0.1, 0.15) is 0 Å². The average Bonchev–Trinajstić information content (AvgIpc) is 2.46. The monoisotopic (exact) mass is 192 g/mol. The van der Waals surface area contributed by atoms with Crippen molar-refractivity contribution in [2.75, 3.05) is 11.5 Å². The van der Waals surface area contributed by atoms with Crippen LogP contribution in [-0.2, 0) is 6.42 Å². The summed E-state index contributed by atoms with van der Waals surface area (Å²) in [5, 5.41) is 3.16. The van der Waals surface area contributed by atoms with Crippen LogP contribution >= 0.6 is 11.3 Å². The van der Waals surface area contributed by atoms with Gasteiger partial charge in [-0.15, -0.1) is 11.3 Å². The van der Waals surface area contributed by atoms with E-state index in [2.05, 4.69) is 6.92 Å². The first kappa shape index (κ1) is 8.38. The van der Waals surface area contributed by atoms with Gasteiger partial charge in [0.25, 0.3) is 0 Å². The lowest BCUT2D eigenvalue weighted by Gasteiger charge is -2.02. The summed E-state index contributed by atoms with van der Waals surface area (Å²) in [6, 6.07) is 3.99. The second-order valence-electron chi connectivity index (χ2n) is 3.10. The average molecular weight is 192 g/mol. The largest absolute Gasteiger partial charge is 0.399 e. The summed E-state index contributed by atoms with van der Waals surface area (Å²) in [5.74, 6) is 0. The fraction of sp³-hybridized carbons (Fsp3) is 0.200. The maximum atomic E-state index is 5.87. The molecule has 0 saturated carbocycles. The van der Waals surface area contributed by atoms with E-state index in [0.717, 1.165) is 17.8 Å². The number of anilines is 2.